The van der Waals surface area contributed by atoms with Gasteiger partial charge in [0.1, 0.15) is 95.9 Å². The summed E-state index contributed by atoms with van der Waals surface area (Å²) in [4.78, 5) is 26.8. The van der Waals surface area contributed by atoms with Crippen LogP contribution in [-0.4, -0.2) is 178 Å². The number of aromatic hydroxyl groups is 5. The van der Waals surface area contributed by atoms with Gasteiger partial charge in [0.05, 0.1) is 12.7 Å². The van der Waals surface area contributed by atoms with Gasteiger partial charge in [0.25, 0.3) is 0 Å². The van der Waals surface area contributed by atoms with Crippen LogP contribution in [0.2, 0.25) is 0 Å². The summed E-state index contributed by atoms with van der Waals surface area (Å²) >= 11 is 0. The summed E-state index contributed by atoms with van der Waals surface area (Å²) in [6, 6.07) is 10.7. The Morgan fingerprint density at radius 2 is 1.29 bits per heavy atom. The van der Waals surface area contributed by atoms with Crippen LogP contribution in [-0.2, 0) is 33.2 Å². The molecule has 23 heteroatoms. The largest absolute Gasteiger partial charge is 0.508 e. The van der Waals surface area contributed by atoms with Gasteiger partial charge in [0.2, 0.25) is 17.5 Å². The third kappa shape index (κ3) is 9.97. The van der Waals surface area contributed by atoms with Crippen molar-refractivity contribution >= 4 is 23.0 Å². The lowest BCUT2D eigenvalue weighted by atomic mass is 9.97. The lowest BCUT2D eigenvalue weighted by Crippen LogP contribution is -2.65. The van der Waals surface area contributed by atoms with Gasteiger partial charge in [-0.25, -0.2) is 4.79 Å². The Kier molecular flexibility index (Phi) is 14.2. The van der Waals surface area contributed by atoms with Crippen molar-refractivity contribution in [1.29, 1.82) is 0 Å². The summed E-state index contributed by atoms with van der Waals surface area (Å²) in [6.45, 7) is -0.135. The lowest BCUT2D eigenvalue weighted by Gasteiger charge is -2.46. The van der Waals surface area contributed by atoms with Gasteiger partial charge in [-0.05, 0) is 48.9 Å². The summed E-state index contributed by atoms with van der Waals surface area (Å²) in [7, 11) is 0. The minimum Gasteiger partial charge on any atom is -0.508 e. The molecule has 0 unspecified atom stereocenters. The van der Waals surface area contributed by atoms with Crippen molar-refractivity contribution in [1.82, 2.24) is 0 Å². The first-order valence-corrected chi connectivity index (χ1v) is 19.9. The van der Waals surface area contributed by atoms with Gasteiger partial charge in [-0.1, -0.05) is 12.1 Å². The number of benzene rings is 3. The Morgan fingerprint density at radius 1 is 0.646 bits per heavy atom. The average Bonchev–Trinajstić information content (AvgIpc) is 3.27. The minimum absolute atomic E-state index is 0.00957. The highest BCUT2D eigenvalue weighted by atomic mass is 16.8. The van der Waals surface area contributed by atoms with Crippen LogP contribution in [0.4, 0.5) is 0 Å². The smallest absolute Gasteiger partial charge is 0.330 e. The van der Waals surface area contributed by atoms with Crippen LogP contribution in [0.15, 0.2) is 69.9 Å². The van der Waals surface area contributed by atoms with Crippen LogP contribution in [0.25, 0.3) is 28.4 Å². The van der Waals surface area contributed by atoms with E-state index in [-0.39, 0.29) is 11.3 Å². The zero-order valence-corrected chi connectivity index (χ0v) is 33.8. The van der Waals surface area contributed by atoms with Crippen molar-refractivity contribution in [2.45, 2.75) is 99.0 Å². The maximum Gasteiger partial charge on any atom is 0.330 e. The number of carbonyl (C=O) groups excluding carboxylic acids is 1. The molecule has 0 amide bonds. The highest BCUT2D eigenvalue weighted by Crippen LogP contribution is 2.40. The van der Waals surface area contributed by atoms with Crippen LogP contribution in [0.3, 0.4) is 0 Å². The molecule has 0 radical (unpaired) electrons. The maximum absolute atomic E-state index is 14.3. The molecule has 0 aliphatic carbocycles. The Hall–Kier alpha value is -5.64. The number of fused-ring (bicyclic) bond motifs is 1. The number of hydrogen-bond donors (Lipinski definition) is 13. The van der Waals surface area contributed by atoms with E-state index in [0.717, 1.165) is 30.3 Å². The number of aliphatic hydroxyl groups excluding tert-OH is 8. The van der Waals surface area contributed by atoms with Gasteiger partial charge >= 0.3 is 5.97 Å². The molecule has 15 atom stereocenters. The Balaban J connectivity index is 1.20. The lowest BCUT2D eigenvalue weighted by molar-refractivity contribution is -0.362. The topological polar surface area (TPSA) is 375 Å². The summed E-state index contributed by atoms with van der Waals surface area (Å²) in [5, 5.41) is 137. The molecule has 3 fully saturated rings. The van der Waals surface area contributed by atoms with Crippen LogP contribution < -0.4 is 10.2 Å². The third-order valence-corrected chi connectivity index (χ3v) is 10.9. The zero-order chi connectivity index (χ0) is 47.0. The second-order valence-electron chi connectivity index (χ2n) is 15.5. The van der Waals surface area contributed by atoms with Crippen molar-refractivity contribution < 1.29 is 109 Å². The molecule has 23 nitrogen and oxygen atoms in total. The monoisotopic (exact) mass is 918 g/mol. The summed E-state index contributed by atoms with van der Waals surface area (Å²) in [5.41, 5.74) is -1.19. The summed E-state index contributed by atoms with van der Waals surface area (Å²) in [5.74, 6) is -4.93. The summed E-state index contributed by atoms with van der Waals surface area (Å²) < 4.78 is 45.8. The Bertz CT molecular complexity index is 2400. The van der Waals surface area contributed by atoms with E-state index in [1.807, 2.05) is 0 Å². The fraction of sp³-hybridized carbons (Fsp3) is 0.429. The molecule has 0 spiro atoms. The molecule has 3 saturated heterocycles. The third-order valence-electron chi connectivity index (χ3n) is 10.9. The molecule has 0 saturated carbocycles. The SMILES string of the molecule is C[C@@H]1O[C@@H](OC[C@H]2O[C@@H](Oc3c(-c4ccc(O)c(O)c4)oc4cc(O)cc(O)c4c3=O)[C@H](O[C@@H]3O[C@H](COC(=O)/C=C/c4ccc(O)cc4)[C@@H](O)[C@H](O)[C@H]3O)[C@@H](O)[C@@H]2O)[C@H](O)[C@H](O)[C@H]1O. The van der Waals surface area contributed by atoms with Crippen LogP contribution >= 0.6 is 0 Å². The zero-order valence-electron chi connectivity index (χ0n) is 33.8. The van der Waals surface area contributed by atoms with Gasteiger partial charge < -0.3 is 104 Å². The molecule has 3 aliphatic rings. The van der Waals surface area contributed by atoms with Crippen molar-refractivity contribution in [3.8, 4) is 45.8 Å². The van der Waals surface area contributed by atoms with Gasteiger partial charge in [0, 0.05) is 23.8 Å². The number of hydrogen-bond acceptors (Lipinski definition) is 23. The maximum atomic E-state index is 14.3. The molecule has 13 N–H and O–H groups in total. The number of carbonyl (C=O) groups is 1. The molecule has 4 heterocycles. The Morgan fingerprint density at radius 3 is 2.00 bits per heavy atom. The molecular formula is C42H46O23. The van der Waals surface area contributed by atoms with E-state index in [1.165, 1.54) is 43.3 Å². The van der Waals surface area contributed by atoms with Gasteiger partial charge in [-0.2, -0.15) is 0 Å². The summed E-state index contributed by atoms with van der Waals surface area (Å²) in [6.07, 6.45) is -25.2. The number of aliphatic hydroxyl groups is 8. The van der Waals surface area contributed by atoms with Gasteiger partial charge in [0.15, 0.2) is 35.9 Å². The minimum atomic E-state index is -2.17. The first kappa shape index (κ1) is 47.3. The first-order valence-electron chi connectivity index (χ1n) is 19.9. The average molecular weight is 919 g/mol. The first-order chi connectivity index (χ1) is 30.8. The molecule has 3 aliphatic heterocycles. The van der Waals surface area contributed by atoms with Gasteiger partial charge in [-0.3, -0.25) is 4.79 Å². The fourth-order valence-corrected chi connectivity index (χ4v) is 7.25. The second kappa shape index (κ2) is 19.4. The van der Waals surface area contributed by atoms with Crippen molar-refractivity contribution in [2.24, 2.45) is 0 Å². The van der Waals surface area contributed by atoms with E-state index in [1.54, 1.807) is 0 Å². The predicted molar refractivity (Wildman–Crippen MR) is 214 cm³/mol. The highest BCUT2D eigenvalue weighted by Gasteiger charge is 2.53. The van der Waals surface area contributed by atoms with E-state index in [9.17, 15) is 76.0 Å². The van der Waals surface area contributed by atoms with Crippen molar-refractivity contribution in [2.75, 3.05) is 13.2 Å². The van der Waals surface area contributed by atoms with E-state index in [4.69, 9.17) is 37.6 Å². The number of phenolic OH excluding ortho intramolecular Hbond substituents is 5. The second-order valence-corrected chi connectivity index (χ2v) is 15.5. The van der Waals surface area contributed by atoms with Gasteiger partial charge in [-0.15, -0.1) is 0 Å². The van der Waals surface area contributed by atoms with Crippen molar-refractivity contribution in [3.05, 3.63) is 76.5 Å². The van der Waals surface area contributed by atoms with E-state index < -0.39 is 162 Å². The number of phenols is 5. The van der Waals surface area contributed by atoms with Crippen molar-refractivity contribution in [3.63, 3.8) is 0 Å². The number of esters is 1. The van der Waals surface area contributed by atoms with E-state index in [2.05, 4.69) is 0 Å². The molecular weight excluding hydrogens is 872 g/mol. The van der Waals surface area contributed by atoms with Crippen LogP contribution in [0.5, 0.6) is 34.5 Å². The number of rotatable bonds is 12. The molecule has 0 bridgehead atoms. The van der Waals surface area contributed by atoms with Crippen LogP contribution in [0.1, 0.15) is 12.5 Å². The standard InChI is InChI=1S/C42H46O23/c1-15-28(49)32(53)35(56)40(60-15)59-14-25-30(51)34(55)39(65-41-36(57)33(54)29(50)24(62-41)13-58-26(48)9-4-16-2-6-18(43)7-3-16)42(63-25)64-38-31(52)27-22(47)11-19(44)12-23(27)61-37(38)17-5-8-20(45)21(46)10-17/h2-12,15,24-25,28-30,32-36,39-47,49-51,53-57H,13-14H2,1H3/b9-4+/t15-,24+,25+,28-,29+,30+,32+,33-,34-,35+,36+,39+,40+,41-,42-/m0/s1. The Labute approximate surface area is 365 Å². The van der Waals surface area contributed by atoms with E-state index in [0.29, 0.717) is 5.56 Å². The quantitative estimate of drug-likeness (QED) is 0.0419. The number of ether oxygens (including phenoxy) is 7. The highest BCUT2D eigenvalue weighted by molar-refractivity contribution is 5.88. The molecule has 1 aromatic heterocycles. The van der Waals surface area contributed by atoms with E-state index >= 15 is 0 Å². The molecule has 3 aromatic carbocycles. The fourth-order valence-electron chi connectivity index (χ4n) is 7.25. The predicted octanol–water partition coefficient (Wildman–Crippen LogP) is -1.89. The van der Waals surface area contributed by atoms with Crippen LogP contribution in [0, 0.1) is 0 Å². The molecule has 7 rings (SSSR count). The molecule has 65 heavy (non-hydrogen) atoms. The molecule has 352 valence electrons. The molecule has 4 aromatic rings. The normalized spacial score (nSPS) is 33.0.